The molecule has 21 heavy (non-hydrogen) atoms. The minimum absolute atomic E-state index is 0.127. The van der Waals surface area contributed by atoms with E-state index in [-0.39, 0.29) is 5.91 Å². The second-order valence-corrected chi connectivity index (χ2v) is 7.33. The molecule has 118 valence electrons. The van der Waals surface area contributed by atoms with Crippen LogP contribution in [0.15, 0.2) is 0 Å². The summed E-state index contributed by atoms with van der Waals surface area (Å²) in [5, 5.41) is 16.5. The van der Waals surface area contributed by atoms with Gasteiger partial charge in [-0.05, 0) is 37.8 Å². The smallest absolute Gasteiger partial charge is 0.220 e. The third kappa shape index (κ3) is 5.04. The van der Waals surface area contributed by atoms with E-state index in [1.54, 1.807) is 11.3 Å². The van der Waals surface area contributed by atoms with Gasteiger partial charge in [-0.2, -0.15) is 0 Å². The Morgan fingerprint density at radius 2 is 2.05 bits per heavy atom. The Kier molecular flexibility index (Phi) is 6.11. The monoisotopic (exact) mass is 310 g/mol. The maximum atomic E-state index is 12.0. The third-order valence-electron chi connectivity index (χ3n) is 4.11. The van der Waals surface area contributed by atoms with Gasteiger partial charge in [0.15, 0.2) is 0 Å². The van der Waals surface area contributed by atoms with Crippen molar-refractivity contribution in [1.29, 1.82) is 0 Å². The highest BCUT2D eigenvalue weighted by Gasteiger charge is 2.22. The van der Waals surface area contributed by atoms with Crippen molar-refractivity contribution in [2.75, 3.05) is 13.1 Å². The number of hydrogen-bond acceptors (Lipinski definition) is 5. The van der Waals surface area contributed by atoms with Crippen molar-refractivity contribution >= 4 is 17.2 Å². The first-order valence-electron chi connectivity index (χ1n) is 7.86. The van der Waals surface area contributed by atoms with E-state index in [2.05, 4.69) is 41.6 Å². The Labute approximate surface area is 130 Å². The van der Waals surface area contributed by atoms with Crippen molar-refractivity contribution in [3.05, 3.63) is 10.0 Å². The lowest BCUT2D eigenvalue weighted by Gasteiger charge is -2.27. The van der Waals surface area contributed by atoms with Gasteiger partial charge in [-0.25, -0.2) is 0 Å². The summed E-state index contributed by atoms with van der Waals surface area (Å²) in [6.45, 7) is 9.06. The van der Waals surface area contributed by atoms with Crippen LogP contribution in [0.5, 0.6) is 0 Å². The van der Waals surface area contributed by atoms with Crippen LogP contribution in [-0.2, 0) is 11.3 Å². The van der Waals surface area contributed by atoms with Crippen LogP contribution in [0.4, 0.5) is 0 Å². The SMILES string of the molecule is CC(C)c1nnc(CNC(=O)CC(C)C2CCNCC2)s1. The van der Waals surface area contributed by atoms with E-state index in [9.17, 15) is 4.79 Å². The normalized spacial score (nSPS) is 17.9. The lowest BCUT2D eigenvalue weighted by atomic mass is 9.84. The Hall–Kier alpha value is -1.01. The topological polar surface area (TPSA) is 66.9 Å². The van der Waals surface area contributed by atoms with Gasteiger partial charge >= 0.3 is 0 Å². The molecule has 0 radical (unpaired) electrons. The highest BCUT2D eigenvalue weighted by Crippen LogP contribution is 2.24. The summed E-state index contributed by atoms with van der Waals surface area (Å²) in [4.78, 5) is 12.0. The van der Waals surface area contributed by atoms with Crippen molar-refractivity contribution in [1.82, 2.24) is 20.8 Å². The molecule has 1 unspecified atom stereocenters. The average Bonchev–Trinajstić information content (AvgIpc) is 2.95. The van der Waals surface area contributed by atoms with Crippen LogP contribution in [-0.4, -0.2) is 29.2 Å². The van der Waals surface area contributed by atoms with Gasteiger partial charge in [0.1, 0.15) is 10.0 Å². The number of nitrogens with zero attached hydrogens (tertiary/aromatic N) is 2. The molecule has 5 nitrogen and oxygen atoms in total. The maximum Gasteiger partial charge on any atom is 0.220 e. The fourth-order valence-electron chi connectivity index (χ4n) is 2.69. The molecule has 0 aliphatic carbocycles. The minimum atomic E-state index is 0.127. The first-order chi connectivity index (χ1) is 10.1. The Bertz CT molecular complexity index is 454. The van der Waals surface area contributed by atoms with Crippen LogP contribution < -0.4 is 10.6 Å². The molecule has 0 spiro atoms. The molecule has 2 heterocycles. The minimum Gasteiger partial charge on any atom is -0.350 e. The Morgan fingerprint density at radius 3 is 2.67 bits per heavy atom. The van der Waals surface area contributed by atoms with Crippen LogP contribution in [0.25, 0.3) is 0 Å². The molecular weight excluding hydrogens is 284 g/mol. The summed E-state index contributed by atoms with van der Waals surface area (Å²) in [5.41, 5.74) is 0. The van der Waals surface area contributed by atoms with Crippen LogP contribution in [0.2, 0.25) is 0 Å². The lowest BCUT2D eigenvalue weighted by molar-refractivity contribution is -0.122. The molecule has 1 atom stereocenters. The molecular formula is C15H26N4OS. The fourth-order valence-corrected chi connectivity index (χ4v) is 3.47. The number of piperidine rings is 1. The highest BCUT2D eigenvalue weighted by atomic mass is 32.1. The number of amides is 1. The largest absolute Gasteiger partial charge is 0.350 e. The van der Waals surface area contributed by atoms with Crippen molar-refractivity contribution in [3.8, 4) is 0 Å². The molecule has 1 aliphatic heterocycles. The van der Waals surface area contributed by atoms with E-state index in [0.29, 0.717) is 30.7 Å². The number of nitrogens with one attached hydrogen (secondary N) is 2. The molecule has 0 saturated carbocycles. The van der Waals surface area contributed by atoms with Crippen molar-refractivity contribution < 1.29 is 4.79 Å². The predicted molar refractivity (Wildman–Crippen MR) is 85.2 cm³/mol. The van der Waals surface area contributed by atoms with E-state index in [4.69, 9.17) is 0 Å². The number of rotatable bonds is 6. The molecule has 1 saturated heterocycles. The maximum absolute atomic E-state index is 12.0. The van der Waals surface area contributed by atoms with E-state index < -0.39 is 0 Å². The first kappa shape index (κ1) is 16.4. The quantitative estimate of drug-likeness (QED) is 0.846. The predicted octanol–water partition coefficient (Wildman–Crippen LogP) is 2.30. The number of carbonyl (C=O) groups is 1. The van der Waals surface area contributed by atoms with Gasteiger partial charge in [0.2, 0.25) is 5.91 Å². The molecule has 0 aromatic carbocycles. The Balaban J connectivity index is 1.73. The zero-order valence-corrected chi connectivity index (χ0v) is 14.0. The first-order valence-corrected chi connectivity index (χ1v) is 8.67. The fraction of sp³-hybridized carbons (Fsp3) is 0.800. The van der Waals surface area contributed by atoms with Crippen molar-refractivity contribution in [2.24, 2.45) is 11.8 Å². The van der Waals surface area contributed by atoms with Gasteiger partial charge in [0, 0.05) is 12.3 Å². The molecule has 6 heteroatoms. The molecule has 1 fully saturated rings. The van der Waals surface area contributed by atoms with Crippen LogP contribution >= 0.6 is 11.3 Å². The summed E-state index contributed by atoms with van der Waals surface area (Å²) >= 11 is 1.58. The van der Waals surface area contributed by atoms with E-state index in [1.807, 2.05) is 0 Å². The molecule has 1 aromatic rings. The number of aromatic nitrogens is 2. The zero-order chi connectivity index (χ0) is 15.2. The van der Waals surface area contributed by atoms with Gasteiger partial charge < -0.3 is 10.6 Å². The summed E-state index contributed by atoms with van der Waals surface area (Å²) in [5.74, 6) is 1.65. The van der Waals surface area contributed by atoms with E-state index in [0.717, 1.165) is 23.1 Å². The molecule has 1 aliphatic rings. The summed E-state index contributed by atoms with van der Waals surface area (Å²) in [6.07, 6.45) is 2.98. The average molecular weight is 310 g/mol. The van der Waals surface area contributed by atoms with Crippen LogP contribution in [0.3, 0.4) is 0 Å². The standard InChI is InChI=1S/C15H26N4OS/c1-10(2)15-19-18-14(21-15)9-17-13(20)8-11(3)12-4-6-16-7-5-12/h10-12,16H,4-9H2,1-3H3,(H,17,20). The van der Waals surface area contributed by atoms with Crippen LogP contribution in [0, 0.1) is 11.8 Å². The summed E-state index contributed by atoms with van der Waals surface area (Å²) < 4.78 is 0. The van der Waals surface area contributed by atoms with Crippen molar-refractivity contribution in [3.63, 3.8) is 0 Å². The second-order valence-electron chi connectivity index (χ2n) is 6.23. The van der Waals surface area contributed by atoms with Crippen molar-refractivity contribution in [2.45, 2.75) is 52.5 Å². The van der Waals surface area contributed by atoms with Gasteiger partial charge in [-0.3, -0.25) is 4.79 Å². The van der Waals surface area contributed by atoms with Gasteiger partial charge in [0.05, 0.1) is 6.54 Å². The van der Waals surface area contributed by atoms with Gasteiger partial charge in [-0.15, -0.1) is 10.2 Å². The molecule has 2 N–H and O–H groups in total. The summed E-state index contributed by atoms with van der Waals surface area (Å²) in [6, 6.07) is 0. The summed E-state index contributed by atoms with van der Waals surface area (Å²) in [7, 11) is 0. The molecule has 1 amide bonds. The zero-order valence-electron chi connectivity index (χ0n) is 13.2. The number of hydrogen-bond donors (Lipinski definition) is 2. The Morgan fingerprint density at radius 1 is 1.33 bits per heavy atom. The van der Waals surface area contributed by atoms with Gasteiger partial charge in [0.25, 0.3) is 0 Å². The van der Waals surface area contributed by atoms with Crippen LogP contribution in [0.1, 0.15) is 56.0 Å². The van der Waals surface area contributed by atoms with E-state index in [1.165, 1.54) is 12.8 Å². The second kappa shape index (κ2) is 7.84. The molecule has 2 rings (SSSR count). The van der Waals surface area contributed by atoms with Gasteiger partial charge in [-0.1, -0.05) is 32.1 Å². The molecule has 1 aromatic heterocycles. The third-order valence-corrected chi connectivity index (χ3v) is 5.33. The molecule has 0 bridgehead atoms. The highest BCUT2D eigenvalue weighted by molar-refractivity contribution is 7.11. The lowest BCUT2D eigenvalue weighted by Crippen LogP contribution is -2.33. The number of carbonyl (C=O) groups excluding carboxylic acids is 1. The van der Waals surface area contributed by atoms with E-state index >= 15 is 0 Å².